The van der Waals surface area contributed by atoms with Crippen LogP contribution in [0.3, 0.4) is 0 Å². The molecule has 118 valence electrons. The average molecular weight is 312 g/mol. The number of hydrogen-bond acceptors (Lipinski definition) is 4. The second-order valence-electron chi connectivity index (χ2n) is 6.00. The Hall–Kier alpha value is -1.11. The molecule has 5 nitrogen and oxygen atoms in total. The van der Waals surface area contributed by atoms with Gasteiger partial charge in [-0.25, -0.2) is 13.6 Å². The van der Waals surface area contributed by atoms with Gasteiger partial charge in [-0.1, -0.05) is 13.3 Å². The zero-order valence-electron chi connectivity index (χ0n) is 12.4. The summed E-state index contributed by atoms with van der Waals surface area (Å²) >= 11 is 0. The molecule has 1 aliphatic rings. The Balaban J connectivity index is 1.91. The first-order valence-electron chi connectivity index (χ1n) is 7.41. The van der Waals surface area contributed by atoms with Gasteiger partial charge in [-0.3, -0.25) is 0 Å². The Kier molecular flexibility index (Phi) is 4.91. The number of anilines is 1. The third-order valence-electron chi connectivity index (χ3n) is 4.42. The predicted molar refractivity (Wildman–Crippen MR) is 83.5 cm³/mol. The van der Waals surface area contributed by atoms with Gasteiger partial charge in [0.05, 0.1) is 10.5 Å². The maximum atomic E-state index is 11.2. The summed E-state index contributed by atoms with van der Waals surface area (Å²) in [4.78, 5) is 0.0928. The van der Waals surface area contributed by atoms with Gasteiger partial charge in [-0.2, -0.15) is 0 Å². The molecule has 0 saturated heterocycles. The number of aliphatic hydroxyl groups is 1. The molecule has 0 aromatic heterocycles. The topological polar surface area (TPSA) is 92.4 Å². The summed E-state index contributed by atoms with van der Waals surface area (Å²) in [6, 6.07) is 6.27. The molecule has 0 atom stereocenters. The number of nitrogens with two attached hydrogens (primary N) is 1. The Morgan fingerprint density at radius 1 is 1.29 bits per heavy atom. The van der Waals surface area contributed by atoms with E-state index in [0.717, 1.165) is 37.3 Å². The van der Waals surface area contributed by atoms with E-state index in [0.29, 0.717) is 6.54 Å². The number of benzene rings is 1. The lowest BCUT2D eigenvalue weighted by Crippen LogP contribution is -2.40. The van der Waals surface area contributed by atoms with E-state index in [1.807, 2.05) is 0 Å². The van der Waals surface area contributed by atoms with Crippen LogP contribution in [-0.4, -0.2) is 25.7 Å². The molecule has 0 aliphatic heterocycles. The van der Waals surface area contributed by atoms with Crippen molar-refractivity contribution in [3.05, 3.63) is 24.3 Å². The third-order valence-corrected chi connectivity index (χ3v) is 5.35. The van der Waals surface area contributed by atoms with Crippen molar-refractivity contribution < 1.29 is 13.5 Å². The maximum absolute atomic E-state index is 11.2. The summed E-state index contributed by atoms with van der Waals surface area (Å²) in [5.41, 5.74) is 0.123. The molecular formula is C15H24N2O3S. The molecule has 4 N–H and O–H groups in total. The minimum absolute atomic E-state index is 0.0928. The van der Waals surface area contributed by atoms with Crippen molar-refractivity contribution in [2.24, 2.45) is 11.1 Å². The van der Waals surface area contributed by atoms with Crippen molar-refractivity contribution in [2.75, 3.05) is 11.9 Å². The van der Waals surface area contributed by atoms with Crippen molar-refractivity contribution in [1.82, 2.24) is 0 Å². The van der Waals surface area contributed by atoms with E-state index in [2.05, 4.69) is 12.2 Å². The zero-order valence-corrected chi connectivity index (χ0v) is 13.2. The molecular weight excluding hydrogens is 288 g/mol. The van der Waals surface area contributed by atoms with Gasteiger partial charge >= 0.3 is 0 Å². The van der Waals surface area contributed by atoms with E-state index < -0.39 is 15.6 Å². The Bertz CT molecular complexity index is 561. The molecule has 0 spiro atoms. The molecule has 0 unspecified atom stereocenters. The first-order chi connectivity index (χ1) is 9.82. The van der Waals surface area contributed by atoms with Crippen LogP contribution < -0.4 is 10.5 Å². The van der Waals surface area contributed by atoms with Crippen LogP contribution in [0.4, 0.5) is 5.69 Å². The highest BCUT2D eigenvalue weighted by atomic mass is 32.2. The fraction of sp³-hybridized carbons (Fsp3) is 0.600. The number of sulfonamides is 1. The van der Waals surface area contributed by atoms with E-state index in [4.69, 9.17) is 5.14 Å². The molecule has 1 aromatic carbocycles. The normalized spacial score (nSPS) is 26.5. The van der Waals surface area contributed by atoms with Crippen LogP contribution in [0.5, 0.6) is 0 Å². The largest absolute Gasteiger partial charge is 0.388 e. The summed E-state index contributed by atoms with van der Waals surface area (Å²) < 4.78 is 22.4. The van der Waals surface area contributed by atoms with Gasteiger partial charge in [0.25, 0.3) is 0 Å². The van der Waals surface area contributed by atoms with Crippen LogP contribution >= 0.6 is 0 Å². The highest BCUT2D eigenvalue weighted by Gasteiger charge is 2.32. The smallest absolute Gasteiger partial charge is 0.238 e. The van der Waals surface area contributed by atoms with Gasteiger partial charge < -0.3 is 10.4 Å². The lowest BCUT2D eigenvalue weighted by molar-refractivity contribution is 0.00229. The molecule has 0 bridgehead atoms. The van der Waals surface area contributed by atoms with E-state index >= 15 is 0 Å². The molecule has 0 heterocycles. The molecule has 1 fully saturated rings. The predicted octanol–water partition coefficient (Wildman–Crippen LogP) is 2.08. The molecule has 21 heavy (non-hydrogen) atoms. The third kappa shape index (κ3) is 4.43. The quantitative estimate of drug-likeness (QED) is 0.776. The van der Waals surface area contributed by atoms with E-state index in [1.165, 1.54) is 18.6 Å². The number of rotatable bonds is 5. The number of primary sulfonamides is 1. The molecule has 1 saturated carbocycles. The molecule has 0 amide bonds. The van der Waals surface area contributed by atoms with E-state index in [1.54, 1.807) is 12.1 Å². The van der Waals surface area contributed by atoms with Crippen molar-refractivity contribution in [3.8, 4) is 0 Å². The van der Waals surface area contributed by atoms with Gasteiger partial charge in [-0.05, 0) is 55.9 Å². The van der Waals surface area contributed by atoms with Gasteiger partial charge in [0.2, 0.25) is 10.0 Å². The summed E-state index contributed by atoms with van der Waals surface area (Å²) in [5, 5.41) is 18.8. The van der Waals surface area contributed by atoms with Crippen LogP contribution in [0.25, 0.3) is 0 Å². The Morgan fingerprint density at radius 3 is 2.33 bits per heavy atom. The highest BCUT2D eigenvalue weighted by molar-refractivity contribution is 7.89. The average Bonchev–Trinajstić information content (AvgIpc) is 2.46. The molecule has 1 aromatic rings. The van der Waals surface area contributed by atoms with Crippen LogP contribution in [0, 0.1) is 5.92 Å². The summed E-state index contributed by atoms with van der Waals surface area (Å²) in [7, 11) is -3.65. The van der Waals surface area contributed by atoms with Gasteiger partial charge in [0, 0.05) is 12.2 Å². The van der Waals surface area contributed by atoms with Crippen LogP contribution in [-0.2, 0) is 10.0 Å². The highest BCUT2D eigenvalue weighted by Crippen LogP contribution is 2.33. The monoisotopic (exact) mass is 312 g/mol. The van der Waals surface area contributed by atoms with Crippen molar-refractivity contribution in [3.63, 3.8) is 0 Å². The molecule has 1 aliphatic carbocycles. The first kappa shape index (κ1) is 16.3. The zero-order chi connectivity index (χ0) is 15.5. The van der Waals surface area contributed by atoms with Gasteiger partial charge in [0.15, 0.2) is 0 Å². The minimum Gasteiger partial charge on any atom is -0.388 e. The standard InChI is InChI=1S/C15H24N2O3S/c1-2-12-7-9-15(18,10-8-12)11-17-13-3-5-14(6-4-13)21(16,19)20/h3-6,12,17-18H,2,7-11H2,1H3,(H2,16,19,20). The van der Waals surface area contributed by atoms with E-state index in [-0.39, 0.29) is 4.90 Å². The van der Waals surface area contributed by atoms with Crippen LogP contribution in [0.1, 0.15) is 39.0 Å². The van der Waals surface area contributed by atoms with Crippen LogP contribution in [0.2, 0.25) is 0 Å². The van der Waals surface area contributed by atoms with Crippen molar-refractivity contribution >= 4 is 15.7 Å². The fourth-order valence-electron chi connectivity index (χ4n) is 2.83. The van der Waals surface area contributed by atoms with Gasteiger partial charge in [0.1, 0.15) is 0 Å². The lowest BCUT2D eigenvalue weighted by atomic mass is 9.78. The molecule has 0 radical (unpaired) electrons. The SMILES string of the molecule is CCC1CCC(O)(CNc2ccc(S(N)(=O)=O)cc2)CC1. The summed E-state index contributed by atoms with van der Waals surface area (Å²) in [6.45, 7) is 2.68. The Morgan fingerprint density at radius 2 is 1.86 bits per heavy atom. The van der Waals surface area contributed by atoms with Crippen LogP contribution in [0.15, 0.2) is 29.2 Å². The summed E-state index contributed by atoms with van der Waals surface area (Å²) in [6.07, 6.45) is 4.94. The van der Waals surface area contributed by atoms with Gasteiger partial charge in [-0.15, -0.1) is 0 Å². The number of hydrogen-bond donors (Lipinski definition) is 3. The summed E-state index contributed by atoms with van der Waals surface area (Å²) in [5.74, 6) is 0.735. The first-order valence-corrected chi connectivity index (χ1v) is 8.96. The Labute approximate surface area is 126 Å². The molecule has 2 rings (SSSR count). The lowest BCUT2D eigenvalue weighted by Gasteiger charge is -2.36. The minimum atomic E-state index is -3.65. The number of nitrogens with one attached hydrogen (secondary N) is 1. The second-order valence-corrected chi connectivity index (χ2v) is 7.56. The van der Waals surface area contributed by atoms with Crippen molar-refractivity contribution in [2.45, 2.75) is 49.5 Å². The fourth-order valence-corrected chi connectivity index (χ4v) is 3.34. The molecule has 6 heteroatoms. The second kappa shape index (κ2) is 6.34. The van der Waals surface area contributed by atoms with Crippen molar-refractivity contribution in [1.29, 1.82) is 0 Å². The van der Waals surface area contributed by atoms with E-state index in [9.17, 15) is 13.5 Å². The maximum Gasteiger partial charge on any atom is 0.238 e.